The van der Waals surface area contributed by atoms with E-state index in [-0.39, 0.29) is 23.1 Å². The zero-order valence-corrected chi connectivity index (χ0v) is 9.86. The first kappa shape index (κ1) is 12.7. The Morgan fingerprint density at radius 3 is 2.47 bits per heavy atom. The molecule has 0 saturated carbocycles. The average molecular weight is 270 g/mol. The van der Waals surface area contributed by atoms with Gasteiger partial charge in [0.15, 0.2) is 0 Å². The lowest BCUT2D eigenvalue weighted by molar-refractivity contribution is 0.0880. The highest BCUT2D eigenvalue weighted by atomic mass is 35.5. The summed E-state index contributed by atoms with van der Waals surface area (Å²) >= 11 is 12.5. The SMILES string of the molecule is O=C(NC(CO)CO)c1cc(Cl)sc1Cl. The fourth-order valence-electron chi connectivity index (χ4n) is 0.907. The third kappa shape index (κ3) is 3.32. The summed E-state index contributed by atoms with van der Waals surface area (Å²) in [5.74, 6) is -0.462. The summed E-state index contributed by atoms with van der Waals surface area (Å²) in [6, 6.07) is 0.752. The second-order valence-corrected chi connectivity index (χ2v) is 5.06. The van der Waals surface area contributed by atoms with Gasteiger partial charge in [0.05, 0.1) is 29.2 Å². The van der Waals surface area contributed by atoms with Gasteiger partial charge in [-0.3, -0.25) is 4.79 Å². The Labute approximate surface area is 100 Å². The Bertz CT molecular complexity index is 352. The molecule has 84 valence electrons. The van der Waals surface area contributed by atoms with Crippen LogP contribution in [0.5, 0.6) is 0 Å². The van der Waals surface area contributed by atoms with E-state index < -0.39 is 11.9 Å². The Balaban J connectivity index is 2.72. The zero-order chi connectivity index (χ0) is 11.4. The van der Waals surface area contributed by atoms with E-state index in [2.05, 4.69) is 5.32 Å². The Morgan fingerprint density at radius 1 is 1.47 bits per heavy atom. The van der Waals surface area contributed by atoms with Crippen LogP contribution in [0.1, 0.15) is 10.4 Å². The van der Waals surface area contributed by atoms with Crippen molar-refractivity contribution in [1.29, 1.82) is 0 Å². The number of carbonyl (C=O) groups is 1. The van der Waals surface area contributed by atoms with Gasteiger partial charge in [-0.05, 0) is 6.07 Å². The fourth-order valence-corrected chi connectivity index (χ4v) is 2.37. The largest absolute Gasteiger partial charge is 0.394 e. The van der Waals surface area contributed by atoms with Gasteiger partial charge in [-0.2, -0.15) is 0 Å². The van der Waals surface area contributed by atoms with E-state index in [1.807, 2.05) is 0 Å². The third-order valence-corrected chi connectivity index (χ3v) is 3.16. The molecule has 0 fully saturated rings. The van der Waals surface area contributed by atoms with Gasteiger partial charge < -0.3 is 15.5 Å². The smallest absolute Gasteiger partial charge is 0.254 e. The molecule has 0 aromatic carbocycles. The number of carbonyl (C=O) groups excluding carboxylic acids is 1. The molecule has 1 heterocycles. The predicted molar refractivity (Wildman–Crippen MR) is 59.8 cm³/mol. The van der Waals surface area contributed by atoms with Gasteiger partial charge in [-0.25, -0.2) is 0 Å². The van der Waals surface area contributed by atoms with Crippen molar-refractivity contribution >= 4 is 40.4 Å². The highest BCUT2D eigenvalue weighted by Crippen LogP contribution is 2.30. The van der Waals surface area contributed by atoms with Crippen LogP contribution in [0, 0.1) is 0 Å². The van der Waals surface area contributed by atoms with Crippen LogP contribution in [0.25, 0.3) is 0 Å². The first-order valence-corrected chi connectivity index (χ1v) is 5.63. The van der Waals surface area contributed by atoms with Crippen molar-refractivity contribution in [1.82, 2.24) is 5.32 Å². The number of aliphatic hydroxyl groups is 2. The highest BCUT2D eigenvalue weighted by Gasteiger charge is 2.17. The number of aliphatic hydroxyl groups excluding tert-OH is 2. The number of nitrogens with one attached hydrogen (secondary N) is 1. The Morgan fingerprint density at radius 2 is 2.07 bits per heavy atom. The molecule has 0 unspecified atom stereocenters. The number of amides is 1. The van der Waals surface area contributed by atoms with E-state index >= 15 is 0 Å². The second-order valence-electron chi connectivity index (χ2n) is 2.77. The predicted octanol–water partition coefficient (Wildman–Crippen LogP) is 1.14. The zero-order valence-electron chi connectivity index (χ0n) is 7.54. The minimum atomic E-state index is -0.688. The maximum absolute atomic E-state index is 11.5. The minimum absolute atomic E-state index is 0.249. The van der Waals surface area contributed by atoms with Crippen molar-refractivity contribution in [3.05, 3.63) is 20.3 Å². The molecule has 15 heavy (non-hydrogen) atoms. The molecule has 0 atom stereocenters. The van der Waals surface area contributed by atoms with E-state index in [0.717, 1.165) is 11.3 Å². The molecule has 7 heteroatoms. The standard InChI is InChI=1S/C8H9Cl2NO3S/c9-6-1-5(7(10)15-6)8(14)11-4(2-12)3-13/h1,4,12-13H,2-3H2,(H,11,14). The monoisotopic (exact) mass is 269 g/mol. The molecular weight excluding hydrogens is 261 g/mol. The van der Waals surface area contributed by atoms with Crippen molar-refractivity contribution in [2.45, 2.75) is 6.04 Å². The normalized spacial score (nSPS) is 10.7. The minimum Gasteiger partial charge on any atom is -0.394 e. The molecule has 1 aromatic rings. The molecule has 4 nitrogen and oxygen atoms in total. The maximum atomic E-state index is 11.5. The highest BCUT2D eigenvalue weighted by molar-refractivity contribution is 7.20. The quantitative estimate of drug-likeness (QED) is 0.768. The van der Waals surface area contributed by atoms with E-state index in [1.54, 1.807) is 0 Å². The molecule has 0 aliphatic carbocycles. The van der Waals surface area contributed by atoms with Crippen LogP contribution >= 0.6 is 34.5 Å². The van der Waals surface area contributed by atoms with E-state index in [9.17, 15) is 4.79 Å². The number of rotatable bonds is 4. The molecule has 0 bridgehead atoms. The van der Waals surface area contributed by atoms with Gasteiger partial charge in [-0.15, -0.1) is 11.3 Å². The molecule has 0 radical (unpaired) electrons. The molecule has 0 saturated heterocycles. The van der Waals surface area contributed by atoms with Crippen LogP contribution in [0.2, 0.25) is 8.67 Å². The molecule has 3 N–H and O–H groups in total. The van der Waals surface area contributed by atoms with Crippen LogP contribution in [-0.4, -0.2) is 35.4 Å². The summed E-state index contributed by atoms with van der Waals surface area (Å²) in [5.41, 5.74) is 0.249. The van der Waals surface area contributed by atoms with Gasteiger partial charge in [0.2, 0.25) is 0 Å². The van der Waals surface area contributed by atoms with E-state index in [1.165, 1.54) is 6.07 Å². The van der Waals surface area contributed by atoms with E-state index in [4.69, 9.17) is 33.4 Å². The number of thiophene rings is 1. The van der Waals surface area contributed by atoms with E-state index in [0.29, 0.717) is 4.34 Å². The van der Waals surface area contributed by atoms with Crippen molar-refractivity contribution in [3.63, 3.8) is 0 Å². The molecule has 1 aromatic heterocycles. The number of hydrogen-bond donors (Lipinski definition) is 3. The topological polar surface area (TPSA) is 69.6 Å². The summed E-state index contributed by atoms with van der Waals surface area (Å²) in [6.45, 7) is -0.671. The van der Waals surface area contributed by atoms with Gasteiger partial charge in [0, 0.05) is 0 Å². The van der Waals surface area contributed by atoms with Crippen LogP contribution < -0.4 is 5.32 Å². The lowest BCUT2D eigenvalue weighted by atomic mass is 10.2. The summed E-state index contributed by atoms with van der Waals surface area (Å²) in [4.78, 5) is 11.5. The number of hydrogen-bond acceptors (Lipinski definition) is 4. The summed E-state index contributed by atoms with van der Waals surface area (Å²) < 4.78 is 0.696. The van der Waals surface area contributed by atoms with Gasteiger partial charge in [0.25, 0.3) is 5.91 Å². The summed E-state index contributed by atoms with van der Waals surface area (Å²) in [6.07, 6.45) is 0. The van der Waals surface area contributed by atoms with Gasteiger partial charge in [-0.1, -0.05) is 23.2 Å². The van der Waals surface area contributed by atoms with Crippen LogP contribution in [-0.2, 0) is 0 Å². The molecule has 0 aliphatic rings. The Hall–Kier alpha value is -0.330. The first-order valence-electron chi connectivity index (χ1n) is 4.06. The lowest BCUT2D eigenvalue weighted by Crippen LogP contribution is -2.40. The lowest BCUT2D eigenvalue weighted by Gasteiger charge is -2.12. The maximum Gasteiger partial charge on any atom is 0.254 e. The molecular formula is C8H9Cl2NO3S. The summed E-state index contributed by atoms with van der Waals surface area (Å²) in [7, 11) is 0. The fraction of sp³-hybridized carbons (Fsp3) is 0.375. The molecule has 0 spiro atoms. The molecule has 0 aliphatic heterocycles. The van der Waals surface area contributed by atoms with Crippen LogP contribution in [0.15, 0.2) is 6.07 Å². The second kappa shape index (κ2) is 5.67. The van der Waals surface area contributed by atoms with Crippen molar-refractivity contribution < 1.29 is 15.0 Å². The van der Waals surface area contributed by atoms with Crippen molar-refractivity contribution in [2.24, 2.45) is 0 Å². The molecule has 1 amide bonds. The first-order chi connectivity index (χ1) is 7.08. The number of halogens is 2. The van der Waals surface area contributed by atoms with Crippen LogP contribution in [0.3, 0.4) is 0 Å². The summed E-state index contributed by atoms with van der Waals surface area (Å²) in [5, 5.41) is 19.9. The Kier molecular flexibility index (Phi) is 4.82. The van der Waals surface area contributed by atoms with Crippen molar-refractivity contribution in [3.8, 4) is 0 Å². The third-order valence-electron chi connectivity index (χ3n) is 1.68. The average Bonchev–Trinajstić information content (AvgIpc) is 2.54. The van der Waals surface area contributed by atoms with Crippen molar-refractivity contribution in [2.75, 3.05) is 13.2 Å². The van der Waals surface area contributed by atoms with Gasteiger partial charge >= 0.3 is 0 Å². The van der Waals surface area contributed by atoms with Gasteiger partial charge in [0.1, 0.15) is 4.34 Å². The van der Waals surface area contributed by atoms with Crippen LogP contribution in [0.4, 0.5) is 0 Å². The molecule has 1 rings (SSSR count).